The number of aliphatic hydroxyl groups is 1. The Morgan fingerprint density at radius 3 is 2.26 bits per heavy atom. The summed E-state index contributed by atoms with van der Waals surface area (Å²) in [4.78, 5) is 47.8. The molecule has 2 rings (SSSR count). The molecule has 5 amide bonds. The van der Waals surface area contributed by atoms with E-state index in [9.17, 15) is 24.3 Å². The lowest BCUT2D eigenvalue weighted by molar-refractivity contribution is -0.959. The largest absolute Gasteiger partial charge is 0.391 e. The lowest BCUT2D eigenvalue weighted by Crippen LogP contribution is -2.82. The first-order chi connectivity index (χ1) is 13.0. The Labute approximate surface area is 158 Å². The molecule has 0 bridgehead atoms. The molecule has 2 aliphatic rings. The topological polar surface area (TPSA) is 137 Å². The molecule has 152 valence electrons. The van der Waals surface area contributed by atoms with Crippen LogP contribution in [0.1, 0.15) is 32.1 Å². The molecule has 2 fully saturated rings. The molecule has 2 saturated heterocycles. The lowest BCUT2D eigenvalue weighted by Gasteiger charge is -2.53. The van der Waals surface area contributed by atoms with Crippen LogP contribution in [0.3, 0.4) is 0 Å². The third kappa shape index (κ3) is 4.45. The first-order valence-corrected chi connectivity index (χ1v) is 9.54. The molecule has 0 atom stereocenters. The molecule has 0 aromatic rings. The molecule has 0 aliphatic carbocycles. The molecule has 0 aromatic carbocycles. The summed E-state index contributed by atoms with van der Waals surface area (Å²) >= 11 is 0. The van der Waals surface area contributed by atoms with Crippen LogP contribution in [-0.2, 0) is 14.4 Å². The van der Waals surface area contributed by atoms with Crippen molar-refractivity contribution >= 4 is 24.3 Å². The van der Waals surface area contributed by atoms with Gasteiger partial charge in [-0.05, 0) is 12.8 Å². The predicted molar refractivity (Wildman–Crippen MR) is 96.4 cm³/mol. The second kappa shape index (κ2) is 9.77. The summed E-state index contributed by atoms with van der Waals surface area (Å²) in [6.07, 6.45) is 4.09. The standard InChI is InChI=1S/C17H29N5O5/c23-12-11-22(9-7-18-8-10-22)17(5-3-1-2-4-6-19-13-24)14(25)20-16(27)21-15(17)26/h13,18,23H,1-12H2,(H2-,19,20,21,24,25,26,27)/p+1. The third-order valence-electron chi connectivity index (χ3n) is 5.67. The van der Waals surface area contributed by atoms with Gasteiger partial charge in [0.1, 0.15) is 6.54 Å². The van der Waals surface area contributed by atoms with Crippen molar-refractivity contribution in [1.29, 1.82) is 0 Å². The summed E-state index contributed by atoms with van der Waals surface area (Å²) in [7, 11) is 0. The van der Waals surface area contributed by atoms with E-state index in [0.29, 0.717) is 52.0 Å². The Balaban J connectivity index is 2.18. The molecule has 5 N–H and O–H groups in total. The van der Waals surface area contributed by atoms with E-state index in [2.05, 4.69) is 21.3 Å². The number of carbonyl (C=O) groups is 4. The van der Waals surface area contributed by atoms with Crippen LogP contribution in [0.5, 0.6) is 0 Å². The second-order valence-corrected chi connectivity index (χ2v) is 7.12. The SMILES string of the molecule is O=CNCCCCCCC1([N+]2(CCO)CCNCC2)C(=O)NC(=O)NC1=O. The number of quaternary nitrogens is 1. The molecule has 2 heterocycles. The van der Waals surface area contributed by atoms with Crippen molar-refractivity contribution in [3.63, 3.8) is 0 Å². The number of rotatable bonds is 11. The van der Waals surface area contributed by atoms with Gasteiger partial charge in [0.05, 0.1) is 19.7 Å². The van der Waals surface area contributed by atoms with Crippen molar-refractivity contribution in [2.24, 2.45) is 0 Å². The van der Waals surface area contributed by atoms with Crippen LogP contribution < -0.4 is 21.3 Å². The Hall–Kier alpha value is -2.04. The number of carbonyl (C=O) groups excluding carboxylic acids is 4. The number of imide groups is 2. The van der Waals surface area contributed by atoms with Gasteiger partial charge in [-0.3, -0.25) is 29.5 Å². The molecule has 2 aliphatic heterocycles. The maximum atomic E-state index is 13.0. The number of aliphatic hydroxyl groups excluding tert-OH is 1. The summed E-state index contributed by atoms with van der Waals surface area (Å²) in [6.45, 7) is 3.05. The highest BCUT2D eigenvalue weighted by molar-refractivity contribution is 6.21. The van der Waals surface area contributed by atoms with E-state index in [0.717, 1.165) is 19.3 Å². The maximum Gasteiger partial charge on any atom is 0.328 e. The summed E-state index contributed by atoms with van der Waals surface area (Å²) in [5.74, 6) is -1.15. The van der Waals surface area contributed by atoms with Gasteiger partial charge in [0, 0.05) is 26.1 Å². The van der Waals surface area contributed by atoms with E-state index >= 15 is 0 Å². The first-order valence-electron chi connectivity index (χ1n) is 9.54. The minimum Gasteiger partial charge on any atom is -0.391 e. The van der Waals surface area contributed by atoms with E-state index < -0.39 is 23.4 Å². The number of urea groups is 1. The average Bonchev–Trinajstić information content (AvgIpc) is 2.64. The Bertz CT molecular complexity index is 536. The van der Waals surface area contributed by atoms with Crippen LogP contribution in [0.4, 0.5) is 4.79 Å². The fourth-order valence-electron chi connectivity index (χ4n) is 4.27. The highest BCUT2D eigenvalue weighted by Crippen LogP contribution is 2.34. The van der Waals surface area contributed by atoms with Crippen LogP contribution in [0.25, 0.3) is 0 Å². The molecule has 0 saturated carbocycles. The van der Waals surface area contributed by atoms with Crippen molar-refractivity contribution < 1.29 is 28.8 Å². The predicted octanol–water partition coefficient (Wildman–Crippen LogP) is -1.80. The number of hydrogen-bond donors (Lipinski definition) is 5. The Morgan fingerprint density at radius 1 is 1.04 bits per heavy atom. The van der Waals surface area contributed by atoms with E-state index in [1.807, 2.05) is 0 Å². The normalized spacial score (nSPS) is 21.3. The number of unbranched alkanes of at least 4 members (excludes halogenated alkanes) is 3. The van der Waals surface area contributed by atoms with Gasteiger partial charge < -0.3 is 15.7 Å². The van der Waals surface area contributed by atoms with Crippen molar-refractivity contribution in [1.82, 2.24) is 21.3 Å². The highest BCUT2D eigenvalue weighted by Gasteiger charge is 2.64. The summed E-state index contributed by atoms with van der Waals surface area (Å²) in [5, 5.41) is 20.0. The first kappa shape index (κ1) is 21.3. The average molecular weight is 384 g/mol. The van der Waals surface area contributed by atoms with E-state index in [4.69, 9.17) is 0 Å². The zero-order valence-corrected chi connectivity index (χ0v) is 15.6. The second-order valence-electron chi connectivity index (χ2n) is 7.12. The monoisotopic (exact) mass is 384 g/mol. The van der Waals surface area contributed by atoms with Gasteiger partial charge in [-0.15, -0.1) is 0 Å². The van der Waals surface area contributed by atoms with Gasteiger partial charge in [0.25, 0.3) is 17.4 Å². The van der Waals surface area contributed by atoms with Crippen LogP contribution in [-0.4, -0.2) is 85.3 Å². The zero-order chi connectivity index (χ0) is 19.8. The minimum absolute atomic E-state index is 0.145. The van der Waals surface area contributed by atoms with Crippen molar-refractivity contribution in [3.05, 3.63) is 0 Å². The van der Waals surface area contributed by atoms with Gasteiger partial charge in [0.15, 0.2) is 0 Å². The zero-order valence-electron chi connectivity index (χ0n) is 15.6. The molecular formula is C17H30N5O5+. The maximum absolute atomic E-state index is 13.0. The number of piperazine rings is 1. The van der Waals surface area contributed by atoms with Gasteiger partial charge in [-0.1, -0.05) is 12.8 Å². The number of hydrogen-bond acceptors (Lipinski definition) is 6. The van der Waals surface area contributed by atoms with Gasteiger partial charge in [0.2, 0.25) is 6.41 Å². The number of nitrogens with one attached hydrogen (secondary N) is 4. The minimum atomic E-state index is -1.42. The molecule has 10 nitrogen and oxygen atoms in total. The fraction of sp³-hybridized carbons (Fsp3) is 0.765. The highest BCUT2D eigenvalue weighted by atomic mass is 16.3. The quantitative estimate of drug-likeness (QED) is 0.123. The molecule has 0 radical (unpaired) electrons. The molecule has 27 heavy (non-hydrogen) atoms. The number of nitrogens with zero attached hydrogens (tertiary/aromatic N) is 1. The van der Waals surface area contributed by atoms with E-state index in [-0.39, 0.29) is 17.6 Å². The van der Waals surface area contributed by atoms with Crippen molar-refractivity contribution in [2.75, 3.05) is 45.9 Å². The van der Waals surface area contributed by atoms with Gasteiger partial charge in [-0.2, -0.15) is 0 Å². The molecule has 0 spiro atoms. The summed E-state index contributed by atoms with van der Waals surface area (Å²) in [5.41, 5.74) is -1.42. The van der Waals surface area contributed by atoms with E-state index in [1.54, 1.807) is 0 Å². The smallest absolute Gasteiger partial charge is 0.328 e. The van der Waals surface area contributed by atoms with Crippen LogP contribution in [0.2, 0.25) is 0 Å². The Morgan fingerprint density at radius 2 is 1.67 bits per heavy atom. The molecule has 0 aromatic heterocycles. The number of barbiturate groups is 1. The fourth-order valence-corrected chi connectivity index (χ4v) is 4.27. The number of amides is 5. The van der Waals surface area contributed by atoms with Gasteiger partial charge >= 0.3 is 6.03 Å². The lowest BCUT2D eigenvalue weighted by atomic mass is 9.82. The summed E-state index contributed by atoms with van der Waals surface area (Å²) in [6, 6.07) is -0.794. The van der Waals surface area contributed by atoms with Crippen molar-refractivity contribution in [3.8, 4) is 0 Å². The molecular weight excluding hydrogens is 354 g/mol. The molecule has 10 heteroatoms. The summed E-state index contributed by atoms with van der Waals surface area (Å²) < 4.78 is 0.147. The van der Waals surface area contributed by atoms with Crippen LogP contribution in [0.15, 0.2) is 0 Å². The van der Waals surface area contributed by atoms with E-state index in [1.165, 1.54) is 0 Å². The van der Waals surface area contributed by atoms with Crippen LogP contribution in [0, 0.1) is 0 Å². The molecule has 0 unspecified atom stereocenters. The van der Waals surface area contributed by atoms with Gasteiger partial charge in [-0.25, -0.2) is 4.79 Å². The van der Waals surface area contributed by atoms with Crippen molar-refractivity contribution in [2.45, 2.75) is 37.6 Å². The third-order valence-corrected chi connectivity index (χ3v) is 5.67. The Kier molecular flexibility index (Phi) is 7.69. The van der Waals surface area contributed by atoms with Crippen LogP contribution >= 0.6 is 0 Å².